The van der Waals surface area contributed by atoms with Crippen molar-refractivity contribution < 1.29 is 17.1 Å². The Hall–Kier alpha value is -4.85. The first-order valence-electron chi connectivity index (χ1n) is 14.7. The molecule has 5 heteroatoms. The molecule has 0 radical (unpaired) electrons. The van der Waals surface area contributed by atoms with E-state index in [1.54, 1.807) is 0 Å². The fourth-order valence-electron chi connectivity index (χ4n) is 5.60. The summed E-state index contributed by atoms with van der Waals surface area (Å²) in [5.41, 5.74) is 5.91. The van der Waals surface area contributed by atoms with Crippen molar-refractivity contribution in [1.82, 2.24) is 15.0 Å². The summed E-state index contributed by atoms with van der Waals surface area (Å²) in [5.74, 6) is 0. The quantitative estimate of drug-likeness (QED) is 0.140. The molecule has 220 valence electrons. The predicted molar refractivity (Wildman–Crippen MR) is 188 cm³/mol. The summed E-state index contributed by atoms with van der Waals surface area (Å²) in [6.45, 7) is 0. The number of hydrogen-bond donors (Lipinski definition) is 0. The second kappa shape index (κ2) is 14.3. The van der Waals surface area contributed by atoms with Crippen LogP contribution in [0.4, 0.5) is 0 Å². The summed E-state index contributed by atoms with van der Waals surface area (Å²) in [4.78, 5) is 14.0. The molecule has 0 fully saturated rings. The average Bonchev–Trinajstić information content (AvgIpc) is 3.60. The number of aromatic nitrogens is 3. The Bertz CT molecular complexity index is 2030. The maximum Gasteiger partial charge on any atom is 1.00 e. The molecule has 3 heterocycles. The first-order valence-corrected chi connectivity index (χ1v) is 16.2. The van der Waals surface area contributed by atoms with Gasteiger partial charge in [0.05, 0.1) is 24.8 Å². The molecule has 8 aromatic rings. The molecule has 8 rings (SSSR count). The number of rotatable bonds is 5. The van der Waals surface area contributed by atoms with E-state index in [0.29, 0.717) is 0 Å². The molecule has 0 unspecified atom stereocenters. The Morgan fingerprint density at radius 2 is 0.956 bits per heavy atom. The zero-order valence-corrected chi connectivity index (χ0v) is 26.3. The van der Waals surface area contributed by atoms with E-state index in [0.717, 1.165) is 44.3 Å². The van der Waals surface area contributed by atoms with E-state index in [1.807, 2.05) is 54.9 Å². The fourth-order valence-corrected chi connectivity index (χ4v) is 8.18. The van der Waals surface area contributed by atoms with Gasteiger partial charge in [-0.05, 0) is 65.5 Å². The molecule has 5 aromatic carbocycles. The minimum atomic E-state index is -0.877. The average molecular weight is 647 g/mol. The van der Waals surface area contributed by atoms with Gasteiger partial charge in [0.25, 0.3) is 0 Å². The van der Waals surface area contributed by atoms with E-state index < -0.39 is 7.92 Å². The number of benzene rings is 5. The van der Waals surface area contributed by atoms with E-state index >= 15 is 0 Å². The zero-order chi connectivity index (χ0) is 29.6. The van der Waals surface area contributed by atoms with Crippen LogP contribution >= 0.6 is 7.92 Å². The molecule has 0 spiro atoms. The second-order valence-electron chi connectivity index (χ2n) is 10.5. The van der Waals surface area contributed by atoms with Gasteiger partial charge in [0.1, 0.15) is 15.9 Å². The molecule has 0 atom stereocenters. The second-order valence-corrected chi connectivity index (χ2v) is 12.9. The van der Waals surface area contributed by atoms with Gasteiger partial charge in [0.15, 0.2) is 0 Å². The SMILES string of the molecule is [Cu+].c1cc(-c2cccc3cccnc23)nc(-c2cccc3cc[n-]c23)c1.c1ccc([PH+](c2ccccc2)c2ccccc2)cc1. The van der Waals surface area contributed by atoms with Crippen LogP contribution in [0.1, 0.15) is 0 Å². The smallest absolute Gasteiger partial charge is 0.663 e. The standard InChI is InChI=1S/C22H14N3.C18H15P.Cu/c1-5-15-7-4-13-23-21(15)17(8-1)19-10-3-11-20(25-19)18-9-2-6-16-12-14-24-22(16)18;1-4-10-16(11-5-1)19(17-12-6-2-7-13-17)18-14-8-3-9-15-18;/h1-14H;1-15H;/q-1;;+1/p+1. The first-order chi connectivity index (χ1) is 21.8. The molecule has 0 bridgehead atoms. The Balaban J connectivity index is 0.000000161. The summed E-state index contributed by atoms with van der Waals surface area (Å²) in [5, 5.41) is 6.56. The molecular formula is C40H30CuN3P+. The third kappa shape index (κ3) is 6.65. The van der Waals surface area contributed by atoms with Crippen LogP contribution in [0.3, 0.4) is 0 Å². The third-order valence-electron chi connectivity index (χ3n) is 7.65. The molecule has 0 N–H and O–H groups in total. The molecule has 0 saturated heterocycles. The number of para-hydroxylation sites is 2. The fraction of sp³-hybridized carbons (Fsp3) is 0. The molecule has 0 aliphatic carbocycles. The number of hydrogen-bond acceptors (Lipinski definition) is 2. The summed E-state index contributed by atoms with van der Waals surface area (Å²) < 4.78 is 0. The number of fused-ring (bicyclic) bond motifs is 2. The summed E-state index contributed by atoms with van der Waals surface area (Å²) in [7, 11) is -0.877. The molecule has 0 saturated carbocycles. The van der Waals surface area contributed by atoms with Crippen molar-refractivity contribution in [2.24, 2.45) is 0 Å². The summed E-state index contributed by atoms with van der Waals surface area (Å²) in [6, 6.07) is 57.1. The van der Waals surface area contributed by atoms with Gasteiger partial charge < -0.3 is 4.98 Å². The third-order valence-corrected chi connectivity index (χ3v) is 10.4. The molecule has 0 aliphatic heterocycles. The minimum absolute atomic E-state index is 0. The normalized spacial score (nSPS) is 10.7. The van der Waals surface area contributed by atoms with Crippen molar-refractivity contribution in [2.45, 2.75) is 0 Å². The predicted octanol–water partition coefficient (Wildman–Crippen LogP) is 8.25. The van der Waals surface area contributed by atoms with Gasteiger partial charge >= 0.3 is 17.1 Å². The molecule has 45 heavy (non-hydrogen) atoms. The van der Waals surface area contributed by atoms with Crippen LogP contribution in [-0.4, -0.2) is 9.97 Å². The van der Waals surface area contributed by atoms with E-state index in [4.69, 9.17) is 4.98 Å². The van der Waals surface area contributed by atoms with Gasteiger partial charge in [-0.2, -0.15) is 6.20 Å². The van der Waals surface area contributed by atoms with Gasteiger partial charge in [0, 0.05) is 17.1 Å². The van der Waals surface area contributed by atoms with Crippen LogP contribution in [0, 0.1) is 0 Å². The van der Waals surface area contributed by atoms with Crippen LogP contribution in [0.2, 0.25) is 0 Å². The van der Waals surface area contributed by atoms with Crippen molar-refractivity contribution in [2.75, 3.05) is 0 Å². The Morgan fingerprint density at radius 3 is 1.58 bits per heavy atom. The molecule has 0 aliphatic rings. The van der Waals surface area contributed by atoms with E-state index in [2.05, 4.69) is 131 Å². The van der Waals surface area contributed by atoms with Crippen molar-refractivity contribution in [3.05, 3.63) is 176 Å². The molecular weight excluding hydrogens is 617 g/mol. The summed E-state index contributed by atoms with van der Waals surface area (Å²) in [6.07, 6.45) is 3.66. The monoisotopic (exact) mass is 646 g/mol. The van der Waals surface area contributed by atoms with E-state index in [1.165, 1.54) is 15.9 Å². The van der Waals surface area contributed by atoms with Crippen molar-refractivity contribution in [3.8, 4) is 22.5 Å². The van der Waals surface area contributed by atoms with Crippen LogP contribution in [-0.2, 0) is 17.1 Å². The summed E-state index contributed by atoms with van der Waals surface area (Å²) >= 11 is 0. The van der Waals surface area contributed by atoms with E-state index in [-0.39, 0.29) is 17.1 Å². The van der Waals surface area contributed by atoms with Crippen LogP contribution < -0.4 is 20.9 Å². The Morgan fingerprint density at radius 1 is 0.444 bits per heavy atom. The molecule has 3 aromatic heterocycles. The topological polar surface area (TPSA) is 39.9 Å². The Labute approximate surface area is 275 Å². The van der Waals surface area contributed by atoms with Gasteiger partial charge in [-0.1, -0.05) is 109 Å². The zero-order valence-electron chi connectivity index (χ0n) is 24.4. The molecule has 0 amide bonds. The van der Waals surface area contributed by atoms with Crippen molar-refractivity contribution in [1.29, 1.82) is 0 Å². The van der Waals surface area contributed by atoms with Crippen LogP contribution in [0.15, 0.2) is 176 Å². The number of nitrogens with zero attached hydrogens (tertiary/aromatic N) is 3. The maximum atomic E-state index is 4.91. The van der Waals surface area contributed by atoms with Crippen molar-refractivity contribution in [3.63, 3.8) is 0 Å². The van der Waals surface area contributed by atoms with Gasteiger partial charge in [-0.15, -0.1) is 5.52 Å². The molecule has 3 nitrogen and oxygen atoms in total. The van der Waals surface area contributed by atoms with Gasteiger partial charge in [-0.3, -0.25) is 4.98 Å². The van der Waals surface area contributed by atoms with Crippen LogP contribution in [0.5, 0.6) is 0 Å². The number of pyridine rings is 2. The largest absolute Gasteiger partial charge is 1.00 e. The van der Waals surface area contributed by atoms with Gasteiger partial charge in [0.2, 0.25) is 0 Å². The van der Waals surface area contributed by atoms with E-state index in [9.17, 15) is 0 Å². The minimum Gasteiger partial charge on any atom is -0.663 e. The maximum absolute atomic E-state index is 4.91. The van der Waals surface area contributed by atoms with Crippen molar-refractivity contribution >= 4 is 45.6 Å². The van der Waals surface area contributed by atoms with Crippen LogP contribution in [0.25, 0.3) is 44.3 Å². The Kier molecular flexibility index (Phi) is 9.58. The first kappa shape index (κ1) is 30.2. The van der Waals surface area contributed by atoms with Gasteiger partial charge in [-0.25, -0.2) is 4.98 Å².